The van der Waals surface area contributed by atoms with Gasteiger partial charge in [-0.2, -0.15) is 0 Å². The molecule has 6 heteroatoms. The molecular formula is C8H17NO5. The number of rotatable bonds is 6. The maximum atomic E-state index is 10.3. The summed E-state index contributed by atoms with van der Waals surface area (Å²) in [7, 11) is 1.46. The Morgan fingerprint density at radius 3 is 2.14 bits per heavy atom. The largest absolute Gasteiger partial charge is 0.480 e. The van der Waals surface area contributed by atoms with Gasteiger partial charge in [-0.25, -0.2) is 4.79 Å². The zero-order valence-corrected chi connectivity index (χ0v) is 8.61. The Morgan fingerprint density at radius 1 is 1.36 bits per heavy atom. The molecule has 6 nitrogen and oxygen atoms in total. The number of carboxylic acids is 2. The predicted octanol–water partition coefficient (Wildman–Crippen LogP) is -0.214. The van der Waals surface area contributed by atoms with Crippen molar-refractivity contribution in [2.24, 2.45) is 0 Å². The molecule has 0 heterocycles. The summed E-state index contributed by atoms with van der Waals surface area (Å²) in [5.74, 6) is -2.18. The summed E-state index contributed by atoms with van der Waals surface area (Å²) in [4.78, 5) is 20.3. The summed E-state index contributed by atoms with van der Waals surface area (Å²) < 4.78 is 4.57. The van der Waals surface area contributed by atoms with Crippen LogP contribution in [0.15, 0.2) is 0 Å². The van der Waals surface area contributed by atoms with Crippen LogP contribution in [-0.4, -0.2) is 48.5 Å². The topological polar surface area (TPSA) is 95.9 Å². The number of carbonyl (C=O) groups is 2. The summed E-state index contributed by atoms with van der Waals surface area (Å²) in [6.07, 6.45) is 0. The van der Waals surface area contributed by atoms with Crippen molar-refractivity contribution in [2.75, 3.05) is 20.3 Å². The van der Waals surface area contributed by atoms with Crippen LogP contribution in [-0.2, 0) is 14.3 Å². The first-order valence-electron chi connectivity index (χ1n) is 4.27. The van der Waals surface area contributed by atoms with Crippen LogP contribution in [0.5, 0.6) is 0 Å². The highest BCUT2D eigenvalue weighted by Crippen LogP contribution is 1.85. The monoisotopic (exact) mass is 207 g/mol. The van der Waals surface area contributed by atoms with E-state index >= 15 is 0 Å². The van der Waals surface area contributed by atoms with Crippen LogP contribution < -0.4 is 5.32 Å². The second-order valence-electron chi connectivity index (χ2n) is 2.09. The Labute approximate surface area is 82.9 Å². The average molecular weight is 207 g/mol. The number of nitrogens with one attached hydrogen (secondary N) is 1. The molecule has 0 saturated carbocycles. The van der Waals surface area contributed by atoms with Gasteiger partial charge in [0.2, 0.25) is 0 Å². The number of likely N-dealkylation sites (N-methyl/N-ethyl adjacent to an activating group) is 1. The first-order valence-corrected chi connectivity index (χ1v) is 4.27. The van der Waals surface area contributed by atoms with Crippen molar-refractivity contribution in [3.8, 4) is 0 Å². The molecule has 0 aromatic heterocycles. The minimum Gasteiger partial charge on any atom is -0.480 e. The molecule has 0 radical (unpaired) electrons. The Morgan fingerprint density at radius 2 is 1.86 bits per heavy atom. The van der Waals surface area contributed by atoms with Gasteiger partial charge in [-0.05, 0) is 7.05 Å². The van der Waals surface area contributed by atoms with Crippen molar-refractivity contribution in [1.82, 2.24) is 5.32 Å². The van der Waals surface area contributed by atoms with E-state index in [2.05, 4.69) is 10.1 Å². The molecule has 0 aromatic rings. The zero-order valence-electron chi connectivity index (χ0n) is 8.61. The first kappa shape index (κ1) is 15.3. The van der Waals surface area contributed by atoms with Crippen molar-refractivity contribution < 1.29 is 24.5 Å². The van der Waals surface area contributed by atoms with Gasteiger partial charge >= 0.3 is 11.9 Å². The maximum absolute atomic E-state index is 10.3. The van der Waals surface area contributed by atoms with E-state index in [-0.39, 0.29) is 6.61 Å². The second-order valence-corrected chi connectivity index (χ2v) is 2.09. The molecule has 14 heavy (non-hydrogen) atoms. The number of hydrogen-bond acceptors (Lipinski definition) is 4. The summed E-state index contributed by atoms with van der Waals surface area (Å²) in [6, 6.07) is -0.857. The molecule has 0 aromatic carbocycles. The van der Waals surface area contributed by atoms with Crippen LogP contribution in [0.3, 0.4) is 0 Å². The van der Waals surface area contributed by atoms with E-state index in [0.29, 0.717) is 0 Å². The SMILES string of the molecule is CC.CNC(COCC(=O)O)C(=O)O. The summed E-state index contributed by atoms with van der Waals surface area (Å²) >= 11 is 0. The molecule has 0 saturated heterocycles. The van der Waals surface area contributed by atoms with Gasteiger partial charge in [0.1, 0.15) is 12.6 Å². The lowest BCUT2D eigenvalue weighted by atomic mass is 10.3. The lowest BCUT2D eigenvalue weighted by Crippen LogP contribution is -2.38. The van der Waals surface area contributed by atoms with E-state index < -0.39 is 24.6 Å². The Bertz CT molecular complexity index is 171. The highest BCUT2D eigenvalue weighted by Gasteiger charge is 2.14. The van der Waals surface area contributed by atoms with Crippen molar-refractivity contribution in [3.05, 3.63) is 0 Å². The lowest BCUT2D eigenvalue weighted by molar-refractivity contribution is -0.146. The Hall–Kier alpha value is -1.14. The van der Waals surface area contributed by atoms with Crippen LogP contribution in [0.2, 0.25) is 0 Å². The third-order valence-electron chi connectivity index (χ3n) is 1.16. The maximum Gasteiger partial charge on any atom is 0.329 e. The van der Waals surface area contributed by atoms with Gasteiger partial charge in [-0.3, -0.25) is 4.79 Å². The second kappa shape index (κ2) is 9.94. The molecule has 0 spiro atoms. The molecule has 0 aliphatic heterocycles. The molecule has 0 bridgehead atoms. The van der Waals surface area contributed by atoms with Crippen LogP contribution in [0.25, 0.3) is 0 Å². The fraction of sp³-hybridized carbons (Fsp3) is 0.750. The van der Waals surface area contributed by atoms with Crippen LogP contribution in [0.4, 0.5) is 0 Å². The van der Waals surface area contributed by atoms with Gasteiger partial charge < -0.3 is 20.3 Å². The number of ether oxygens (including phenoxy) is 1. The molecule has 0 rings (SSSR count). The fourth-order valence-corrected chi connectivity index (χ4v) is 0.542. The molecule has 0 aliphatic rings. The van der Waals surface area contributed by atoms with E-state index in [9.17, 15) is 9.59 Å². The highest BCUT2D eigenvalue weighted by molar-refractivity contribution is 5.73. The Kier molecular flexibility index (Phi) is 10.9. The Balaban J connectivity index is 0. The van der Waals surface area contributed by atoms with Crippen molar-refractivity contribution >= 4 is 11.9 Å². The summed E-state index contributed by atoms with van der Waals surface area (Å²) in [5.41, 5.74) is 0. The van der Waals surface area contributed by atoms with E-state index in [1.807, 2.05) is 13.8 Å². The molecule has 0 aliphatic carbocycles. The zero-order chi connectivity index (χ0) is 11.6. The summed E-state index contributed by atoms with van der Waals surface area (Å²) in [5, 5.41) is 19.1. The summed E-state index contributed by atoms with van der Waals surface area (Å²) in [6.45, 7) is 3.36. The molecule has 3 N–H and O–H groups in total. The van der Waals surface area contributed by atoms with E-state index in [1.54, 1.807) is 0 Å². The number of aliphatic carboxylic acids is 2. The van der Waals surface area contributed by atoms with Gasteiger partial charge in [0, 0.05) is 0 Å². The molecular weight excluding hydrogens is 190 g/mol. The molecule has 1 unspecified atom stereocenters. The lowest BCUT2D eigenvalue weighted by Gasteiger charge is -2.09. The van der Waals surface area contributed by atoms with Gasteiger partial charge in [-0.1, -0.05) is 13.8 Å². The first-order chi connectivity index (χ1) is 6.57. The van der Waals surface area contributed by atoms with E-state index in [4.69, 9.17) is 10.2 Å². The number of hydrogen-bond donors (Lipinski definition) is 3. The predicted molar refractivity (Wildman–Crippen MR) is 50.3 cm³/mol. The third kappa shape index (κ3) is 8.95. The molecule has 1 atom stereocenters. The van der Waals surface area contributed by atoms with E-state index in [1.165, 1.54) is 7.05 Å². The smallest absolute Gasteiger partial charge is 0.329 e. The van der Waals surface area contributed by atoms with Crippen molar-refractivity contribution in [1.29, 1.82) is 0 Å². The molecule has 0 fully saturated rings. The normalized spacial score (nSPS) is 11.1. The minimum atomic E-state index is -1.12. The van der Waals surface area contributed by atoms with Gasteiger partial charge in [-0.15, -0.1) is 0 Å². The van der Waals surface area contributed by atoms with Gasteiger partial charge in [0.05, 0.1) is 6.61 Å². The fourth-order valence-electron chi connectivity index (χ4n) is 0.542. The average Bonchev–Trinajstić information content (AvgIpc) is 2.14. The standard InChI is InChI=1S/C6H11NO5.C2H6/c1-7-4(6(10)11)2-12-3-5(8)9;1-2/h4,7H,2-3H2,1H3,(H,8,9)(H,10,11);1-2H3. The highest BCUT2D eigenvalue weighted by atomic mass is 16.5. The third-order valence-corrected chi connectivity index (χ3v) is 1.16. The van der Waals surface area contributed by atoms with Crippen LogP contribution in [0.1, 0.15) is 13.8 Å². The minimum absolute atomic E-state index is 0.155. The number of carboxylic acid groups (broad SMARTS) is 2. The quantitative estimate of drug-likeness (QED) is 0.557. The van der Waals surface area contributed by atoms with E-state index in [0.717, 1.165) is 0 Å². The van der Waals surface area contributed by atoms with Gasteiger partial charge in [0.25, 0.3) is 0 Å². The van der Waals surface area contributed by atoms with Crippen molar-refractivity contribution in [2.45, 2.75) is 19.9 Å². The van der Waals surface area contributed by atoms with Crippen molar-refractivity contribution in [3.63, 3.8) is 0 Å². The molecule has 0 amide bonds. The van der Waals surface area contributed by atoms with Crippen LogP contribution in [0, 0.1) is 0 Å². The van der Waals surface area contributed by atoms with Gasteiger partial charge in [0.15, 0.2) is 0 Å². The van der Waals surface area contributed by atoms with Crippen LogP contribution >= 0.6 is 0 Å². The molecule has 84 valence electrons.